The molecule has 4 aromatic rings. The van der Waals surface area contributed by atoms with Crippen molar-refractivity contribution in [2.45, 2.75) is 63.8 Å². The summed E-state index contributed by atoms with van der Waals surface area (Å²) in [5.41, 5.74) is 3.58. The quantitative estimate of drug-likeness (QED) is 0.446. The van der Waals surface area contributed by atoms with Crippen LogP contribution in [0, 0.1) is 12.7 Å². The molecule has 3 aromatic heterocycles. The van der Waals surface area contributed by atoms with Gasteiger partial charge in [-0.2, -0.15) is 5.10 Å². The first-order chi connectivity index (χ1) is 16.9. The standard InChI is InChI=1S/C26H28FN7O/c1-4-33-13-18-20(31(3)22-10-16-5-7-21-24(22)34(16)21)8-6-17(23(18)30-33)26(35)29-15-9-19(27)25-28-14(2)11-32(25)12-15/h6,8-9,11-13,16,21-22,24H,4-5,7,10H2,1-3H3,(H,29,35). The predicted octanol–water partition coefficient (Wildman–Crippen LogP) is 3.83. The van der Waals surface area contributed by atoms with Crippen LogP contribution in [0.5, 0.6) is 0 Å². The Labute approximate surface area is 202 Å². The lowest BCUT2D eigenvalue weighted by molar-refractivity contribution is 0.102. The highest BCUT2D eigenvalue weighted by atomic mass is 19.1. The molecule has 3 saturated heterocycles. The van der Waals surface area contributed by atoms with Crippen LogP contribution in [0.2, 0.25) is 0 Å². The first kappa shape index (κ1) is 20.9. The fraction of sp³-hybridized carbons (Fsp3) is 0.423. The van der Waals surface area contributed by atoms with E-state index in [1.807, 2.05) is 29.9 Å². The summed E-state index contributed by atoms with van der Waals surface area (Å²) in [5, 5.41) is 8.57. The zero-order valence-electron chi connectivity index (χ0n) is 20.1. The molecule has 6 heterocycles. The van der Waals surface area contributed by atoms with Gasteiger partial charge in [-0.25, -0.2) is 9.37 Å². The summed E-state index contributed by atoms with van der Waals surface area (Å²) in [4.78, 5) is 22.6. The van der Waals surface area contributed by atoms with E-state index in [2.05, 4.69) is 27.1 Å². The molecule has 5 atom stereocenters. The second-order valence-electron chi connectivity index (χ2n) is 10.2. The van der Waals surface area contributed by atoms with Gasteiger partial charge in [0.2, 0.25) is 0 Å². The molecule has 180 valence electrons. The molecule has 0 aliphatic carbocycles. The SMILES string of the molecule is CCn1cc2c(N(C)C3CC4CCC5C3N45)ccc(C(=O)Nc3cc(F)c4nc(C)cn4c3)c2n1. The third kappa shape index (κ3) is 3.03. The Morgan fingerprint density at radius 2 is 2.11 bits per heavy atom. The summed E-state index contributed by atoms with van der Waals surface area (Å²) < 4.78 is 18.0. The maximum Gasteiger partial charge on any atom is 0.257 e. The summed E-state index contributed by atoms with van der Waals surface area (Å²) >= 11 is 0. The molecule has 3 aliphatic rings. The lowest BCUT2D eigenvalue weighted by atomic mass is 10.0. The third-order valence-corrected chi connectivity index (χ3v) is 8.19. The predicted molar refractivity (Wildman–Crippen MR) is 132 cm³/mol. The molecule has 7 rings (SSSR count). The van der Waals surface area contributed by atoms with Gasteiger partial charge in [0, 0.05) is 73.5 Å². The molecule has 3 aliphatic heterocycles. The number of likely N-dealkylation sites (N-methyl/N-ethyl adjacent to an activating group) is 1. The van der Waals surface area contributed by atoms with E-state index in [9.17, 15) is 9.18 Å². The van der Waals surface area contributed by atoms with Gasteiger partial charge in [-0.1, -0.05) is 0 Å². The van der Waals surface area contributed by atoms with E-state index < -0.39 is 5.82 Å². The maximum atomic E-state index is 14.5. The maximum absolute atomic E-state index is 14.5. The van der Waals surface area contributed by atoms with Gasteiger partial charge >= 0.3 is 0 Å². The molecule has 8 nitrogen and oxygen atoms in total. The largest absolute Gasteiger partial charge is 0.369 e. The average Bonchev–Trinajstić information content (AvgIpc) is 3.22. The van der Waals surface area contributed by atoms with Crippen molar-refractivity contribution < 1.29 is 9.18 Å². The Morgan fingerprint density at radius 3 is 2.89 bits per heavy atom. The number of nitrogens with zero attached hydrogens (tertiary/aromatic N) is 6. The van der Waals surface area contributed by atoms with Crippen LogP contribution in [0.4, 0.5) is 15.8 Å². The van der Waals surface area contributed by atoms with Crippen molar-refractivity contribution in [2.24, 2.45) is 0 Å². The minimum Gasteiger partial charge on any atom is -0.369 e. The van der Waals surface area contributed by atoms with Crippen molar-refractivity contribution in [3.8, 4) is 0 Å². The van der Waals surface area contributed by atoms with Gasteiger partial charge in [0.1, 0.15) is 5.52 Å². The van der Waals surface area contributed by atoms with Gasteiger partial charge in [0.05, 0.1) is 16.9 Å². The molecular weight excluding hydrogens is 445 g/mol. The molecule has 1 N–H and O–H groups in total. The number of hydrogen-bond acceptors (Lipinski definition) is 5. The van der Waals surface area contributed by atoms with Crippen LogP contribution in [0.3, 0.4) is 0 Å². The van der Waals surface area contributed by atoms with Crippen molar-refractivity contribution in [2.75, 3.05) is 17.3 Å². The summed E-state index contributed by atoms with van der Waals surface area (Å²) in [6.07, 6.45) is 9.29. The Bertz CT molecular complexity index is 1510. The number of carbonyl (C=O) groups excluding carboxylic acids is 1. The summed E-state index contributed by atoms with van der Waals surface area (Å²) in [5.74, 6) is -0.790. The van der Waals surface area contributed by atoms with E-state index >= 15 is 0 Å². The Balaban J connectivity index is 1.23. The lowest BCUT2D eigenvalue weighted by Crippen LogP contribution is -2.35. The summed E-state index contributed by atoms with van der Waals surface area (Å²) in [7, 11) is 2.18. The number of imidazole rings is 1. The van der Waals surface area contributed by atoms with Gasteiger partial charge in [-0.05, 0) is 45.2 Å². The number of hydrogen-bond donors (Lipinski definition) is 1. The molecule has 35 heavy (non-hydrogen) atoms. The second-order valence-corrected chi connectivity index (χ2v) is 10.2. The van der Waals surface area contributed by atoms with Gasteiger partial charge < -0.3 is 14.6 Å². The number of carbonyl (C=O) groups is 1. The van der Waals surface area contributed by atoms with Crippen molar-refractivity contribution >= 4 is 33.8 Å². The van der Waals surface area contributed by atoms with Crippen molar-refractivity contribution in [3.05, 3.63) is 53.9 Å². The number of aromatic nitrogens is 4. The lowest BCUT2D eigenvalue weighted by Gasteiger charge is -2.28. The molecule has 3 fully saturated rings. The van der Waals surface area contributed by atoms with E-state index in [1.165, 1.54) is 25.3 Å². The van der Waals surface area contributed by atoms with E-state index in [0.717, 1.165) is 23.2 Å². The van der Waals surface area contributed by atoms with Crippen LogP contribution < -0.4 is 10.2 Å². The smallest absolute Gasteiger partial charge is 0.257 e. The van der Waals surface area contributed by atoms with Crippen LogP contribution in [-0.4, -0.2) is 61.2 Å². The van der Waals surface area contributed by atoms with Crippen LogP contribution >= 0.6 is 0 Å². The number of benzene rings is 1. The highest BCUT2D eigenvalue weighted by Gasteiger charge is 2.64. The van der Waals surface area contributed by atoms with Gasteiger partial charge in [0.15, 0.2) is 11.5 Å². The topological polar surface area (TPSA) is 70.5 Å². The fourth-order valence-corrected chi connectivity index (χ4v) is 6.58. The van der Waals surface area contributed by atoms with Crippen LogP contribution in [0.15, 0.2) is 36.8 Å². The Kier molecular flexibility index (Phi) is 4.34. The molecule has 0 spiro atoms. The van der Waals surface area contributed by atoms with E-state index in [0.29, 0.717) is 41.1 Å². The van der Waals surface area contributed by atoms with Crippen molar-refractivity contribution in [3.63, 3.8) is 0 Å². The van der Waals surface area contributed by atoms with E-state index in [1.54, 1.807) is 23.7 Å². The summed E-state index contributed by atoms with van der Waals surface area (Å²) in [6.45, 7) is 4.56. The van der Waals surface area contributed by atoms with E-state index in [-0.39, 0.29) is 11.6 Å². The molecule has 1 amide bonds. The highest BCUT2D eigenvalue weighted by Crippen LogP contribution is 2.54. The minimum atomic E-state index is -0.479. The number of nitrogens with one attached hydrogen (secondary N) is 1. The monoisotopic (exact) mass is 473 g/mol. The second kappa shape index (κ2) is 7.27. The number of fused-ring (bicyclic) bond motifs is 3. The number of halogens is 1. The van der Waals surface area contributed by atoms with Gasteiger partial charge in [-0.3, -0.25) is 14.4 Å². The zero-order valence-corrected chi connectivity index (χ0v) is 20.1. The van der Waals surface area contributed by atoms with Crippen molar-refractivity contribution in [1.29, 1.82) is 0 Å². The molecule has 5 unspecified atom stereocenters. The number of piperidine rings is 2. The molecule has 0 bridgehead atoms. The number of pyridine rings is 1. The summed E-state index contributed by atoms with van der Waals surface area (Å²) in [6, 6.07) is 7.84. The van der Waals surface area contributed by atoms with Crippen molar-refractivity contribution in [1.82, 2.24) is 24.1 Å². The van der Waals surface area contributed by atoms with Gasteiger partial charge in [0.25, 0.3) is 5.91 Å². The molecular formula is C26H28FN7O. The average molecular weight is 474 g/mol. The number of amides is 1. The normalized spacial score (nSPS) is 26.5. The number of aryl methyl sites for hydroxylation is 2. The van der Waals surface area contributed by atoms with E-state index in [4.69, 9.17) is 5.10 Å². The molecule has 9 heteroatoms. The van der Waals surface area contributed by atoms with Crippen LogP contribution in [0.25, 0.3) is 16.6 Å². The minimum absolute atomic E-state index is 0.242. The fourth-order valence-electron chi connectivity index (χ4n) is 6.58. The third-order valence-electron chi connectivity index (χ3n) is 8.19. The molecule has 0 radical (unpaired) electrons. The Hall–Kier alpha value is -3.46. The van der Waals surface area contributed by atoms with Crippen LogP contribution in [0.1, 0.15) is 42.2 Å². The number of anilines is 2. The Morgan fingerprint density at radius 1 is 1.26 bits per heavy atom. The highest BCUT2D eigenvalue weighted by molar-refractivity contribution is 6.13. The molecule has 0 saturated carbocycles. The first-order valence-corrected chi connectivity index (χ1v) is 12.4. The number of rotatable bonds is 5. The zero-order chi connectivity index (χ0) is 24.0. The van der Waals surface area contributed by atoms with Crippen LogP contribution in [-0.2, 0) is 6.54 Å². The van der Waals surface area contributed by atoms with Gasteiger partial charge in [-0.15, -0.1) is 0 Å². The molecule has 1 aromatic carbocycles. The first-order valence-electron chi connectivity index (χ1n) is 12.4.